The summed E-state index contributed by atoms with van der Waals surface area (Å²) in [6.07, 6.45) is 2.85. The number of anilines is 3. The highest BCUT2D eigenvalue weighted by Crippen LogP contribution is 2.23. The molecular weight excluding hydrogens is 402 g/mol. The Kier molecular flexibility index (Phi) is 6.87. The van der Waals surface area contributed by atoms with Gasteiger partial charge >= 0.3 is 0 Å². The minimum atomic E-state index is -0.127. The first-order valence-corrected chi connectivity index (χ1v) is 10.8. The summed E-state index contributed by atoms with van der Waals surface area (Å²) in [7, 11) is 4.22. The Hall–Kier alpha value is -3.58. The predicted molar refractivity (Wildman–Crippen MR) is 129 cm³/mol. The maximum atomic E-state index is 12.3. The Labute approximate surface area is 189 Å². The molecule has 1 aliphatic heterocycles. The normalized spacial score (nSPS) is 15.6. The van der Waals surface area contributed by atoms with Gasteiger partial charge in [-0.2, -0.15) is 0 Å². The molecule has 7 nitrogen and oxygen atoms in total. The highest BCUT2D eigenvalue weighted by molar-refractivity contribution is 5.93. The average molecular weight is 432 g/mol. The molecule has 0 unspecified atom stereocenters. The number of amides is 1. The molecule has 0 saturated carbocycles. The zero-order valence-corrected chi connectivity index (χ0v) is 18.5. The van der Waals surface area contributed by atoms with Gasteiger partial charge in [-0.3, -0.25) is 4.79 Å². The number of nitrogens with one attached hydrogen (secondary N) is 2. The van der Waals surface area contributed by atoms with E-state index >= 15 is 0 Å². The Bertz CT molecular complexity index is 1010. The van der Waals surface area contributed by atoms with E-state index in [4.69, 9.17) is 4.74 Å². The lowest BCUT2D eigenvalue weighted by atomic mass is 10.2. The van der Waals surface area contributed by atoms with Gasteiger partial charge in [0, 0.05) is 24.8 Å². The molecule has 1 saturated heterocycles. The molecule has 0 aliphatic carbocycles. The van der Waals surface area contributed by atoms with Crippen molar-refractivity contribution < 1.29 is 9.53 Å². The van der Waals surface area contributed by atoms with E-state index in [-0.39, 0.29) is 12.5 Å². The monoisotopic (exact) mass is 431 g/mol. The number of carbonyl (C=O) groups excluding carboxylic acids is 1. The molecular formula is C25H29N5O2. The van der Waals surface area contributed by atoms with E-state index in [1.807, 2.05) is 66.7 Å². The van der Waals surface area contributed by atoms with E-state index in [9.17, 15) is 4.79 Å². The topological polar surface area (TPSA) is 69.7 Å². The summed E-state index contributed by atoms with van der Waals surface area (Å²) < 4.78 is 5.78. The number of para-hydroxylation sites is 1. The summed E-state index contributed by atoms with van der Waals surface area (Å²) in [4.78, 5) is 21.4. The van der Waals surface area contributed by atoms with Crippen LogP contribution in [0.25, 0.3) is 0 Å². The quantitative estimate of drug-likeness (QED) is 0.561. The van der Waals surface area contributed by atoms with Crippen LogP contribution in [0.5, 0.6) is 11.5 Å². The van der Waals surface area contributed by atoms with E-state index in [0.717, 1.165) is 42.5 Å². The first-order chi connectivity index (χ1) is 15.6. The molecule has 1 aliphatic rings. The number of benzene rings is 2. The van der Waals surface area contributed by atoms with Gasteiger partial charge in [-0.15, -0.1) is 0 Å². The van der Waals surface area contributed by atoms with Crippen molar-refractivity contribution in [2.75, 3.05) is 49.3 Å². The highest BCUT2D eigenvalue weighted by Gasteiger charge is 2.24. The van der Waals surface area contributed by atoms with Crippen LogP contribution in [0.2, 0.25) is 0 Å². The second kappa shape index (κ2) is 10.2. The van der Waals surface area contributed by atoms with Crippen LogP contribution in [0.3, 0.4) is 0 Å². The lowest BCUT2D eigenvalue weighted by Crippen LogP contribution is -2.31. The number of hydrogen-bond acceptors (Lipinski definition) is 6. The maximum Gasteiger partial charge on any atom is 0.243 e. The van der Waals surface area contributed by atoms with Gasteiger partial charge in [0.15, 0.2) is 0 Å². The van der Waals surface area contributed by atoms with Crippen molar-refractivity contribution >= 4 is 23.1 Å². The van der Waals surface area contributed by atoms with E-state index in [0.29, 0.717) is 11.7 Å². The Balaban J connectivity index is 1.23. The molecule has 2 N–H and O–H groups in total. The van der Waals surface area contributed by atoms with Gasteiger partial charge in [0.2, 0.25) is 5.91 Å². The van der Waals surface area contributed by atoms with Crippen molar-refractivity contribution in [3.05, 3.63) is 72.9 Å². The lowest BCUT2D eigenvalue weighted by molar-refractivity contribution is -0.114. The number of aromatic nitrogens is 1. The third-order valence-corrected chi connectivity index (χ3v) is 5.54. The summed E-state index contributed by atoms with van der Waals surface area (Å²) in [5.41, 5.74) is 1.54. The number of hydrogen-bond donors (Lipinski definition) is 2. The molecule has 166 valence electrons. The summed E-state index contributed by atoms with van der Waals surface area (Å²) >= 11 is 0. The van der Waals surface area contributed by atoms with Gasteiger partial charge in [0.05, 0.1) is 18.4 Å². The van der Waals surface area contributed by atoms with Crippen molar-refractivity contribution in [3.8, 4) is 11.5 Å². The average Bonchev–Trinajstić information content (AvgIpc) is 3.31. The first-order valence-electron chi connectivity index (χ1n) is 10.8. The molecule has 1 atom stereocenters. The van der Waals surface area contributed by atoms with Crippen molar-refractivity contribution in [2.45, 2.75) is 12.5 Å². The molecule has 1 fully saturated rings. The molecule has 1 aromatic heterocycles. The smallest absolute Gasteiger partial charge is 0.243 e. The molecule has 2 aromatic carbocycles. The third kappa shape index (κ3) is 5.76. The molecule has 0 bridgehead atoms. The molecule has 7 heteroatoms. The zero-order valence-electron chi connectivity index (χ0n) is 18.5. The van der Waals surface area contributed by atoms with Crippen LogP contribution in [-0.4, -0.2) is 55.6 Å². The summed E-state index contributed by atoms with van der Waals surface area (Å²) in [5.74, 6) is 2.35. The largest absolute Gasteiger partial charge is 0.457 e. The standard InChI is InChI=1S/C25H29N5O2/c1-29(2)21-14-15-30(18-21)24-13-10-20(16-27-24)28-25(31)17-26-19-8-11-23(12-9-19)32-22-6-4-3-5-7-22/h3-13,16,21,26H,14-15,17-18H2,1-2H3,(H,28,31)/t21-/m1/s1. The molecule has 0 spiro atoms. The summed E-state index contributed by atoms with van der Waals surface area (Å²) in [6.45, 7) is 2.14. The van der Waals surface area contributed by atoms with E-state index in [1.54, 1.807) is 6.20 Å². The number of nitrogens with zero attached hydrogens (tertiary/aromatic N) is 3. The third-order valence-electron chi connectivity index (χ3n) is 5.54. The Morgan fingerprint density at radius 1 is 1.03 bits per heavy atom. The van der Waals surface area contributed by atoms with Crippen LogP contribution in [0.1, 0.15) is 6.42 Å². The van der Waals surface area contributed by atoms with Gasteiger partial charge in [-0.05, 0) is 69.0 Å². The molecule has 1 amide bonds. The fourth-order valence-corrected chi connectivity index (χ4v) is 3.67. The van der Waals surface area contributed by atoms with Crippen molar-refractivity contribution in [2.24, 2.45) is 0 Å². The fourth-order valence-electron chi connectivity index (χ4n) is 3.67. The summed E-state index contributed by atoms with van der Waals surface area (Å²) in [5, 5.41) is 6.01. The van der Waals surface area contributed by atoms with Gasteiger partial charge in [-0.25, -0.2) is 4.98 Å². The van der Waals surface area contributed by atoms with E-state index in [1.165, 1.54) is 0 Å². The van der Waals surface area contributed by atoms with Crippen molar-refractivity contribution in [1.82, 2.24) is 9.88 Å². The van der Waals surface area contributed by atoms with Gasteiger partial charge in [-0.1, -0.05) is 18.2 Å². The second-order valence-electron chi connectivity index (χ2n) is 8.10. The van der Waals surface area contributed by atoms with Crippen LogP contribution in [-0.2, 0) is 4.79 Å². The van der Waals surface area contributed by atoms with Crippen LogP contribution >= 0.6 is 0 Å². The SMILES string of the molecule is CN(C)[C@@H]1CCN(c2ccc(NC(=O)CNc3ccc(Oc4ccccc4)cc3)cn2)C1. The molecule has 3 aromatic rings. The Morgan fingerprint density at radius 2 is 1.75 bits per heavy atom. The molecule has 32 heavy (non-hydrogen) atoms. The van der Waals surface area contributed by atoms with E-state index in [2.05, 4.69) is 39.5 Å². The fraction of sp³-hybridized carbons (Fsp3) is 0.280. The summed E-state index contributed by atoms with van der Waals surface area (Å²) in [6, 6.07) is 21.6. The van der Waals surface area contributed by atoms with Gasteiger partial charge in [0.1, 0.15) is 17.3 Å². The predicted octanol–water partition coefficient (Wildman–Crippen LogP) is 4.06. The van der Waals surface area contributed by atoms with Gasteiger partial charge in [0.25, 0.3) is 0 Å². The van der Waals surface area contributed by atoms with Crippen LogP contribution in [0, 0.1) is 0 Å². The van der Waals surface area contributed by atoms with Crippen molar-refractivity contribution in [3.63, 3.8) is 0 Å². The number of likely N-dealkylation sites (N-methyl/N-ethyl adjacent to an activating group) is 1. The van der Waals surface area contributed by atoms with E-state index < -0.39 is 0 Å². The van der Waals surface area contributed by atoms with Crippen LogP contribution in [0.4, 0.5) is 17.2 Å². The molecule has 4 rings (SSSR count). The number of rotatable bonds is 8. The van der Waals surface area contributed by atoms with Crippen LogP contribution in [0.15, 0.2) is 72.9 Å². The molecule has 0 radical (unpaired) electrons. The Morgan fingerprint density at radius 3 is 2.41 bits per heavy atom. The zero-order chi connectivity index (χ0) is 22.3. The van der Waals surface area contributed by atoms with Crippen LogP contribution < -0.4 is 20.3 Å². The molecule has 2 heterocycles. The minimum absolute atomic E-state index is 0.127. The number of carbonyl (C=O) groups is 1. The van der Waals surface area contributed by atoms with Gasteiger partial charge < -0.3 is 25.2 Å². The highest BCUT2D eigenvalue weighted by atomic mass is 16.5. The second-order valence-corrected chi connectivity index (χ2v) is 8.10. The van der Waals surface area contributed by atoms with Crippen molar-refractivity contribution in [1.29, 1.82) is 0 Å². The minimum Gasteiger partial charge on any atom is -0.457 e. The number of ether oxygens (including phenoxy) is 1. The number of pyridine rings is 1. The maximum absolute atomic E-state index is 12.3. The lowest BCUT2D eigenvalue weighted by Gasteiger charge is -2.21. The first kappa shape index (κ1) is 21.6.